The van der Waals surface area contributed by atoms with Gasteiger partial charge in [-0.3, -0.25) is 51.4 Å². The number of carbonyl (C=O) groups excluding carboxylic acids is 6. The molecule has 0 bridgehead atoms. The maximum Gasteiger partial charge on any atom is 2.00 e. The van der Waals surface area contributed by atoms with E-state index in [9.17, 15) is 53.0 Å². The molecule has 6 saturated heterocycles. The number of aliphatic hydroxyl groups is 2. The van der Waals surface area contributed by atoms with Gasteiger partial charge in [0.1, 0.15) is 0 Å². The van der Waals surface area contributed by atoms with Crippen molar-refractivity contribution in [1.29, 1.82) is 0 Å². The Hall–Kier alpha value is 7.16. The van der Waals surface area contributed by atoms with Gasteiger partial charge in [0.05, 0.1) is 88.3 Å². The maximum absolute atomic E-state index is 13.8. The molecule has 3 amide bonds. The molecule has 0 spiro atoms. The minimum atomic E-state index is -4.21. The Kier molecular flexibility index (Phi) is 67.4. The van der Waals surface area contributed by atoms with E-state index in [0.717, 1.165) is 46.0 Å². The van der Waals surface area contributed by atoms with Crippen molar-refractivity contribution < 1.29 is 145 Å². The molecule has 0 aromatic rings. The van der Waals surface area contributed by atoms with Gasteiger partial charge in [-0.1, -0.05) is 62.0 Å². The van der Waals surface area contributed by atoms with Crippen LogP contribution in [0, 0.1) is 39.6 Å². The molecule has 0 aliphatic carbocycles. The standard InChI is InChI=1S/C23H42NO9PSSi.C17H33O6PSSi.C16H26NO11P.C6H9NO3.6Ba.6H/c1-9-18-19(10-13-28-18)32-34(27,35-15-12-22(26)24(6)31-17(2)25)30-16-21-20(11-14-29-21)33-36(7,8)23(3,4)5;1-7-13-14(8-10-19-13)22-24(18,25)21-12-16-15(9-11-20-16)23-26(5,6)17(2,3)4;1-11(19)27-17(2)16(21)5-8-25-29(22,26-10-15-12(20)3-6-24-15)28-13-4-7-23-14(13)9-18;1-4-6(9)7(3)10-5(2)8;;;;;;;;;;;;/h13-14,18-21H,9-12,15-16H2,1-8H3;10-11,13-16H,7-9,12H2,1-6H3,(H,18,25);6-7,12-15,18,20H,3-5,8-10H2,1-2H3;4H,1H2,2-3H3;;;;;;;;;;;;/q3*-2;;6*+2;6*-1/t18-,19?,20?,21-,34+;13-,14?,15?,16-,24?;12?,13?,14-,15-,29+;;;;;;;;;;;;;/m111............./s1. The SMILES string of the molecule is C=CC(=O)N(C)OC(C)=O.CC(=O)ON(C)C(=O)CCO[P@@](=O)(OC[C@H]1O[CH-]CC1O)OC1C[CH-]O[C@@H]1CO.CC[C@H]1O[CH-]CC1OP(O)(=S)OC[C@H]1O[CH-]CC1O[Si](C)(C)C(C)(C)C.CC[C@H]1O[CH-]CC1O[P@](=O)(OC[C@H]1O[CH-]CC1O[Si](C)(C)C(C)(C)C)SCCC(=O)N(C)OC(C)=O.[Ba+2].[Ba+2].[Ba+2].[Ba+2].[Ba+2].[Ba+2].[H-].[H-].[H-].[H-].[H-].[H-]. The largest absolute Gasteiger partial charge is 2.00 e. The van der Waals surface area contributed by atoms with E-state index in [2.05, 4.69) is 84.0 Å². The van der Waals surface area contributed by atoms with Crippen molar-refractivity contribution in [3.8, 4) is 0 Å². The zero-order chi connectivity index (χ0) is 76.3. The van der Waals surface area contributed by atoms with E-state index in [4.69, 9.17) is 85.6 Å². The van der Waals surface area contributed by atoms with Gasteiger partial charge in [-0.2, -0.15) is 15.2 Å². The number of hydroxylamine groups is 6. The smallest absolute Gasteiger partial charge is 1.00 e. The molecule has 600 valence electrons. The fourth-order valence-corrected chi connectivity index (χ4v) is 18.0. The second-order valence-electron chi connectivity index (χ2n) is 26.8. The number of phosphoric acid groups is 1. The monoisotopic (exact) mass is 2410 g/mol. The van der Waals surface area contributed by atoms with Crippen LogP contribution in [-0.4, -0.2) is 509 Å². The van der Waals surface area contributed by atoms with Crippen molar-refractivity contribution in [2.24, 2.45) is 0 Å². The third-order valence-corrected chi connectivity index (χ3v) is 32.6. The zero-order valence-electron chi connectivity index (χ0n) is 71.7. The minimum absolute atomic E-state index is 0. The van der Waals surface area contributed by atoms with Gasteiger partial charge >= 0.3 is 333 Å². The van der Waals surface area contributed by atoms with Crippen LogP contribution in [0.4, 0.5) is 0 Å². The number of likely N-dealkylation sites (N-methyl/N-ethyl adjacent to an activating group) is 1. The number of phosphoric ester groups is 1. The Morgan fingerprint density at radius 3 is 1.32 bits per heavy atom. The van der Waals surface area contributed by atoms with E-state index in [1.54, 1.807) is 26.4 Å². The van der Waals surface area contributed by atoms with Gasteiger partial charge in [-0.25, -0.2) is 48.8 Å². The summed E-state index contributed by atoms with van der Waals surface area (Å²) in [7, 11) is -4.22. The third kappa shape index (κ3) is 46.1. The number of rotatable bonds is 31. The number of hydrogen-bond donors (Lipinski definition) is 3. The molecule has 107 heavy (non-hydrogen) atoms. The number of aliphatic hydroxyl groups excluding tert-OH is 2. The quantitative estimate of drug-likeness (QED) is 0.0194. The zero-order valence-corrected chi connectivity index (χ0v) is 98.6. The first-order valence-electron chi connectivity index (χ1n) is 33.2. The fraction of sp³-hybridized carbons (Fsp3) is 0.774. The summed E-state index contributed by atoms with van der Waals surface area (Å²) in [5, 5.41) is 21.7. The molecule has 6 rings (SSSR count). The summed E-state index contributed by atoms with van der Waals surface area (Å²) in [4.78, 5) is 91.1. The van der Waals surface area contributed by atoms with Crippen LogP contribution in [0.2, 0.25) is 36.3 Å². The molecule has 0 aromatic heterocycles. The van der Waals surface area contributed by atoms with Gasteiger partial charge in [-0.05, 0) is 78.4 Å². The van der Waals surface area contributed by atoms with Crippen molar-refractivity contribution in [3.05, 3.63) is 52.3 Å². The molecule has 6 aliphatic heterocycles. The average Bonchev–Trinajstić information content (AvgIpc) is 1.80. The van der Waals surface area contributed by atoms with E-state index in [1.165, 1.54) is 48.2 Å². The number of hydrogen-bond acceptors (Lipinski definition) is 30. The summed E-state index contributed by atoms with van der Waals surface area (Å²) in [5.41, 5.74) is 0. The van der Waals surface area contributed by atoms with Crippen LogP contribution in [0.25, 0.3) is 0 Å². The van der Waals surface area contributed by atoms with Crippen LogP contribution >= 0.6 is 32.7 Å². The number of carbonyl (C=O) groups is 6. The Bertz CT molecular complexity index is 2820. The molecule has 0 aromatic carbocycles. The molecule has 45 heteroatoms. The van der Waals surface area contributed by atoms with Crippen molar-refractivity contribution in [1.82, 2.24) is 15.2 Å². The second kappa shape index (κ2) is 59.9. The molecule has 32 nitrogen and oxygen atoms in total. The first-order valence-corrected chi connectivity index (χ1v) is 46.2. The molecule has 7 unspecified atom stereocenters. The van der Waals surface area contributed by atoms with E-state index in [-0.39, 0.29) is 407 Å². The minimum Gasteiger partial charge on any atom is -1.00 e. The Morgan fingerprint density at radius 1 is 0.551 bits per heavy atom. The summed E-state index contributed by atoms with van der Waals surface area (Å²) in [6.45, 7) is 34.4. The molecular formula is C62H116Ba6N3O29P3S2Si2. The summed E-state index contributed by atoms with van der Waals surface area (Å²) >= 11 is 6.12. The van der Waals surface area contributed by atoms with Crippen LogP contribution in [0.5, 0.6) is 0 Å². The predicted molar refractivity (Wildman–Crippen MR) is 417 cm³/mol. The van der Waals surface area contributed by atoms with E-state index in [1.807, 2.05) is 13.8 Å². The van der Waals surface area contributed by atoms with Gasteiger partial charge in [-0.15, -0.1) is 38.5 Å². The Labute approximate surface area is 895 Å². The van der Waals surface area contributed by atoms with Gasteiger partial charge < -0.3 is 84.5 Å². The maximum atomic E-state index is 13.8. The normalized spacial score (nSPS) is 25.5. The molecule has 6 heterocycles. The molecule has 6 aliphatic rings. The molecule has 15 atom stereocenters. The average molecular weight is 2400 g/mol. The first-order chi connectivity index (χ1) is 46.9. The van der Waals surface area contributed by atoms with Gasteiger partial charge in [0.15, 0.2) is 16.6 Å². The fourth-order valence-electron chi connectivity index (χ4n) is 8.99. The predicted octanol–water partition coefficient (Wildman–Crippen LogP) is 8.16. The number of ether oxygens (including phenoxy) is 6. The summed E-state index contributed by atoms with van der Waals surface area (Å²) in [5.74, 6) is -3.11. The van der Waals surface area contributed by atoms with Gasteiger partial charge in [0.25, 0.3) is 17.7 Å². The summed E-state index contributed by atoms with van der Waals surface area (Å²) in [6, 6.07) is 0. The first kappa shape index (κ1) is 120. The van der Waals surface area contributed by atoms with Crippen molar-refractivity contribution in [2.45, 2.75) is 250 Å². The van der Waals surface area contributed by atoms with Gasteiger partial charge in [0.2, 0.25) is 0 Å². The molecule has 0 saturated carbocycles. The summed E-state index contributed by atoms with van der Waals surface area (Å²) in [6.07, 6.45) is 0.180. The number of amides is 3. The topological polar surface area (TPSA) is 373 Å². The Balaban J connectivity index is -0.000000159. The van der Waals surface area contributed by atoms with Crippen LogP contribution in [0.1, 0.15) is 149 Å². The van der Waals surface area contributed by atoms with Crippen LogP contribution in [0.15, 0.2) is 12.7 Å². The van der Waals surface area contributed by atoms with Crippen LogP contribution in [-0.2, 0) is 133 Å². The number of nitrogens with zero attached hydrogens (tertiary/aromatic N) is 3. The van der Waals surface area contributed by atoms with Crippen LogP contribution in [0.3, 0.4) is 0 Å². The van der Waals surface area contributed by atoms with E-state index in [0.29, 0.717) is 38.5 Å². The Morgan fingerprint density at radius 2 is 0.916 bits per heavy atom. The molecule has 0 radical (unpaired) electrons. The van der Waals surface area contributed by atoms with Gasteiger partial charge in [0, 0.05) is 78.5 Å². The molecule has 3 N–H and O–H groups in total. The van der Waals surface area contributed by atoms with E-state index < -0.39 is 110 Å². The summed E-state index contributed by atoms with van der Waals surface area (Å²) < 4.78 is 112. The molecular weight excluding hydrogens is 2290 g/mol. The van der Waals surface area contributed by atoms with Crippen molar-refractivity contribution in [3.63, 3.8) is 0 Å². The van der Waals surface area contributed by atoms with Crippen molar-refractivity contribution >= 4 is 390 Å². The van der Waals surface area contributed by atoms with Crippen molar-refractivity contribution in [2.75, 3.05) is 59.9 Å². The third-order valence-electron chi connectivity index (χ3n) is 16.7. The van der Waals surface area contributed by atoms with Crippen LogP contribution < -0.4 is 0 Å². The molecule has 6 fully saturated rings. The van der Waals surface area contributed by atoms with E-state index >= 15 is 0 Å². The second-order valence-corrected chi connectivity index (χ2v) is 44.9.